The average Bonchev–Trinajstić information content (AvgIpc) is 3.53. The molecule has 0 saturated carbocycles. The zero-order valence-corrected chi connectivity index (χ0v) is 21.1. The lowest BCUT2D eigenvalue weighted by atomic mass is 10.1. The Hall–Kier alpha value is -4.73. The summed E-state index contributed by atoms with van der Waals surface area (Å²) in [5.74, 6) is 3.46. The van der Waals surface area contributed by atoms with Gasteiger partial charge in [-0.3, -0.25) is 4.79 Å². The van der Waals surface area contributed by atoms with Gasteiger partial charge in [0.05, 0.1) is 46.2 Å². The number of methoxy groups -OCH3 is 4. The summed E-state index contributed by atoms with van der Waals surface area (Å²) in [6.45, 7) is 2.05. The fourth-order valence-corrected chi connectivity index (χ4v) is 4.11. The molecule has 0 aliphatic heterocycles. The molecule has 0 N–H and O–H groups in total. The van der Waals surface area contributed by atoms with Gasteiger partial charge in [0.25, 0.3) is 5.56 Å². The van der Waals surface area contributed by atoms with Crippen molar-refractivity contribution in [3.63, 3.8) is 0 Å². The van der Waals surface area contributed by atoms with Crippen molar-refractivity contribution < 1.29 is 23.4 Å². The normalized spacial score (nSPS) is 11.1. The van der Waals surface area contributed by atoms with Crippen LogP contribution < -0.4 is 24.5 Å². The summed E-state index contributed by atoms with van der Waals surface area (Å²) < 4.78 is 30.5. The van der Waals surface area contributed by atoms with Crippen molar-refractivity contribution >= 4 is 5.52 Å². The zero-order chi connectivity index (χ0) is 26.1. The van der Waals surface area contributed by atoms with Crippen molar-refractivity contribution in [2.24, 2.45) is 0 Å². The minimum absolute atomic E-state index is 0.201. The SMILES string of the molecule is COc1ccc(-c2nc(Cn3ccn4nc(-c5ccc(OC)c(OC)c5)cc4c3=O)c(C)o2)c(OC)c1. The summed E-state index contributed by atoms with van der Waals surface area (Å²) in [6, 6.07) is 12.7. The highest BCUT2D eigenvalue weighted by molar-refractivity contribution is 5.68. The third-order valence-electron chi connectivity index (χ3n) is 6.13. The van der Waals surface area contributed by atoms with Crippen LogP contribution in [0, 0.1) is 6.92 Å². The van der Waals surface area contributed by atoms with Crippen molar-refractivity contribution in [2.75, 3.05) is 28.4 Å². The predicted molar refractivity (Wildman–Crippen MR) is 137 cm³/mol. The van der Waals surface area contributed by atoms with Crippen molar-refractivity contribution in [1.29, 1.82) is 0 Å². The minimum Gasteiger partial charge on any atom is -0.497 e. The van der Waals surface area contributed by atoms with Crippen LogP contribution in [0.15, 0.2) is 64.1 Å². The molecule has 2 aromatic carbocycles. The molecule has 3 aromatic heterocycles. The van der Waals surface area contributed by atoms with E-state index in [2.05, 4.69) is 10.1 Å². The Morgan fingerprint density at radius 3 is 2.38 bits per heavy atom. The van der Waals surface area contributed by atoms with Gasteiger partial charge in [0.1, 0.15) is 28.5 Å². The number of fused-ring (bicyclic) bond motifs is 1. The number of oxazole rings is 1. The molecule has 190 valence electrons. The lowest BCUT2D eigenvalue weighted by Gasteiger charge is -2.08. The Morgan fingerprint density at radius 1 is 0.865 bits per heavy atom. The third kappa shape index (κ3) is 4.37. The van der Waals surface area contributed by atoms with Crippen LogP contribution in [0.3, 0.4) is 0 Å². The second kappa shape index (κ2) is 9.73. The molecule has 0 saturated heterocycles. The lowest BCUT2D eigenvalue weighted by molar-refractivity contribution is 0.355. The highest BCUT2D eigenvalue weighted by Crippen LogP contribution is 2.34. The van der Waals surface area contributed by atoms with Gasteiger partial charge in [-0.25, -0.2) is 9.50 Å². The first-order valence-electron chi connectivity index (χ1n) is 11.5. The maximum Gasteiger partial charge on any atom is 0.276 e. The van der Waals surface area contributed by atoms with Crippen LogP contribution in [-0.4, -0.2) is 47.6 Å². The zero-order valence-electron chi connectivity index (χ0n) is 21.1. The van der Waals surface area contributed by atoms with E-state index in [4.69, 9.17) is 23.4 Å². The molecule has 37 heavy (non-hydrogen) atoms. The number of nitrogens with zero attached hydrogens (tertiary/aromatic N) is 4. The van der Waals surface area contributed by atoms with E-state index < -0.39 is 0 Å². The van der Waals surface area contributed by atoms with E-state index >= 15 is 0 Å². The van der Waals surface area contributed by atoms with Crippen LogP contribution in [0.4, 0.5) is 0 Å². The first-order valence-corrected chi connectivity index (χ1v) is 11.5. The molecular weight excluding hydrogens is 476 g/mol. The molecule has 0 atom stereocenters. The van der Waals surface area contributed by atoms with E-state index in [0.717, 1.165) is 5.56 Å². The van der Waals surface area contributed by atoms with Crippen LogP contribution >= 0.6 is 0 Å². The van der Waals surface area contributed by atoms with Crippen LogP contribution in [0.2, 0.25) is 0 Å². The largest absolute Gasteiger partial charge is 0.497 e. The van der Waals surface area contributed by atoms with E-state index in [-0.39, 0.29) is 12.1 Å². The molecule has 0 amide bonds. The Bertz CT molecular complexity index is 1650. The maximum absolute atomic E-state index is 13.3. The number of aromatic nitrogens is 4. The van der Waals surface area contributed by atoms with E-state index in [0.29, 0.717) is 57.1 Å². The molecule has 5 rings (SSSR count). The van der Waals surface area contributed by atoms with E-state index in [1.807, 2.05) is 31.2 Å². The molecule has 0 bridgehead atoms. The van der Waals surface area contributed by atoms with Crippen molar-refractivity contribution in [3.05, 3.63) is 76.7 Å². The Morgan fingerprint density at radius 2 is 1.65 bits per heavy atom. The number of ether oxygens (including phenoxy) is 4. The molecule has 3 heterocycles. The third-order valence-corrected chi connectivity index (χ3v) is 6.13. The number of rotatable bonds is 8. The number of hydrogen-bond donors (Lipinski definition) is 0. The van der Waals surface area contributed by atoms with Gasteiger partial charge < -0.3 is 27.9 Å². The van der Waals surface area contributed by atoms with Crippen LogP contribution in [-0.2, 0) is 6.54 Å². The topological polar surface area (TPSA) is 102 Å². The summed E-state index contributed by atoms with van der Waals surface area (Å²) in [6.07, 6.45) is 3.42. The number of benzene rings is 2. The molecule has 0 fully saturated rings. The quantitative estimate of drug-likeness (QED) is 0.311. The van der Waals surface area contributed by atoms with E-state index in [9.17, 15) is 4.79 Å². The van der Waals surface area contributed by atoms with Crippen molar-refractivity contribution in [3.8, 4) is 45.7 Å². The molecule has 0 aliphatic rings. The first-order chi connectivity index (χ1) is 17.9. The smallest absolute Gasteiger partial charge is 0.276 e. The van der Waals surface area contributed by atoms with Crippen molar-refractivity contribution in [2.45, 2.75) is 13.5 Å². The molecule has 0 unspecified atom stereocenters. The van der Waals surface area contributed by atoms with Gasteiger partial charge in [-0.15, -0.1) is 0 Å². The van der Waals surface area contributed by atoms with Crippen molar-refractivity contribution in [1.82, 2.24) is 19.2 Å². The Labute approximate surface area is 212 Å². The summed E-state index contributed by atoms with van der Waals surface area (Å²) in [5.41, 5.74) is 3.01. The van der Waals surface area contributed by atoms with E-state index in [1.165, 1.54) is 0 Å². The summed E-state index contributed by atoms with van der Waals surface area (Å²) in [5, 5.41) is 4.57. The molecule has 5 aromatic rings. The van der Waals surface area contributed by atoms with Gasteiger partial charge >= 0.3 is 0 Å². The highest BCUT2D eigenvalue weighted by atomic mass is 16.5. The van der Waals surface area contributed by atoms with Crippen LogP contribution in [0.1, 0.15) is 11.5 Å². The predicted octanol–water partition coefficient (Wildman–Crippen LogP) is 4.21. The number of aryl methyl sites for hydroxylation is 1. The monoisotopic (exact) mass is 502 g/mol. The number of hydrogen-bond acceptors (Lipinski definition) is 8. The fourth-order valence-electron chi connectivity index (χ4n) is 4.11. The Balaban J connectivity index is 1.47. The first kappa shape index (κ1) is 24.0. The molecule has 0 radical (unpaired) electrons. The minimum atomic E-state index is -0.201. The average molecular weight is 503 g/mol. The molecular formula is C27H26N4O6. The lowest BCUT2D eigenvalue weighted by Crippen LogP contribution is -2.22. The van der Waals surface area contributed by atoms with Crippen LogP contribution in [0.5, 0.6) is 23.0 Å². The van der Waals surface area contributed by atoms with Crippen LogP contribution in [0.25, 0.3) is 28.2 Å². The summed E-state index contributed by atoms with van der Waals surface area (Å²) in [4.78, 5) is 18.0. The standard InChI is InChI=1S/C27H26N4O6/c1-16-21(28-26(37-16)19-8-7-18(33-2)13-24(19)35-4)15-30-10-11-31-22(27(30)32)14-20(29-31)17-6-9-23(34-3)25(12-17)36-5/h6-14H,15H2,1-5H3. The van der Waals surface area contributed by atoms with Gasteiger partial charge in [0.2, 0.25) is 5.89 Å². The van der Waals surface area contributed by atoms with Gasteiger partial charge in [-0.1, -0.05) is 0 Å². The molecule has 10 nitrogen and oxygen atoms in total. The van der Waals surface area contributed by atoms with Gasteiger partial charge in [-0.2, -0.15) is 5.10 Å². The van der Waals surface area contributed by atoms with Gasteiger partial charge in [0.15, 0.2) is 11.5 Å². The second-order valence-corrected chi connectivity index (χ2v) is 8.25. The summed E-state index contributed by atoms with van der Waals surface area (Å²) in [7, 11) is 6.32. The molecule has 0 aliphatic carbocycles. The van der Waals surface area contributed by atoms with Gasteiger partial charge in [-0.05, 0) is 43.3 Å². The highest BCUT2D eigenvalue weighted by Gasteiger charge is 2.18. The molecule has 10 heteroatoms. The Kier molecular flexibility index (Phi) is 6.31. The molecule has 0 spiro atoms. The second-order valence-electron chi connectivity index (χ2n) is 8.25. The van der Waals surface area contributed by atoms with E-state index in [1.54, 1.807) is 68.1 Å². The fraction of sp³-hybridized carbons (Fsp3) is 0.222. The maximum atomic E-state index is 13.3. The van der Waals surface area contributed by atoms with Gasteiger partial charge in [0, 0.05) is 24.0 Å². The summed E-state index contributed by atoms with van der Waals surface area (Å²) >= 11 is 0.